The van der Waals surface area contributed by atoms with Crippen LogP contribution >= 0.6 is 0 Å². The molecule has 1 saturated carbocycles. The van der Waals surface area contributed by atoms with E-state index in [9.17, 15) is 0 Å². The van der Waals surface area contributed by atoms with Gasteiger partial charge in [-0.25, -0.2) is 4.98 Å². The van der Waals surface area contributed by atoms with Gasteiger partial charge in [-0.15, -0.1) is 0 Å². The molecule has 1 aliphatic carbocycles. The zero-order chi connectivity index (χ0) is 13.6. The van der Waals surface area contributed by atoms with Gasteiger partial charge in [-0.05, 0) is 57.3 Å². The zero-order valence-corrected chi connectivity index (χ0v) is 12.2. The average Bonchev–Trinajstić information content (AvgIpc) is 3.27. The molecule has 1 saturated heterocycles. The van der Waals surface area contributed by atoms with Gasteiger partial charge in [0.2, 0.25) is 0 Å². The van der Waals surface area contributed by atoms with Crippen LogP contribution in [0.5, 0.6) is 0 Å². The van der Waals surface area contributed by atoms with Gasteiger partial charge in [-0.3, -0.25) is 0 Å². The molecular weight excluding hydrogens is 246 g/mol. The summed E-state index contributed by atoms with van der Waals surface area (Å²) >= 11 is 0. The van der Waals surface area contributed by atoms with Gasteiger partial charge in [0.25, 0.3) is 0 Å². The maximum Gasteiger partial charge on any atom is 0.116 e. The Morgan fingerprint density at radius 2 is 2.00 bits per heavy atom. The van der Waals surface area contributed by atoms with Crippen LogP contribution in [0.15, 0.2) is 24.3 Å². The molecule has 1 aromatic heterocycles. The van der Waals surface area contributed by atoms with Gasteiger partial charge in [0.1, 0.15) is 5.82 Å². The summed E-state index contributed by atoms with van der Waals surface area (Å²) in [4.78, 5) is 5.08. The lowest BCUT2D eigenvalue weighted by Crippen LogP contribution is -2.41. The molecular formula is C17H23N3. The molecule has 1 N–H and O–H groups in total. The highest BCUT2D eigenvalue weighted by molar-refractivity contribution is 5.76. The van der Waals surface area contributed by atoms with Crippen molar-refractivity contribution in [2.45, 2.75) is 50.5 Å². The highest BCUT2D eigenvalue weighted by Gasteiger charge is 2.40. The summed E-state index contributed by atoms with van der Waals surface area (Å²) in [6, 6.07) is 9.37. The second-order valence-electron chi connectivity index (χ2n) is 6.41. The standard InChI is InChI=1S/C17H23N3/c1-2-17(9-11-18-12-10-17)16-19-14-5-3-4-6-15(14)20(16)13-7-8-13/h3-6,13,18H,2,7-12H2,1H3. The zero-order valence-electron chi connectivity index (χ0n) is 12.2. The Labute approximate surface area is 120 Å². The van der Waals surface area contributed by atoms with Crippen molar-refractivity contribution in [1.82, 2.24) is 14.9 Å². The first-order chi connectivity index (χ1) is 9.84. The number of hydrogen-bond acceptors (Lipinski definition) is 2. The van der Waals surface area contributed by atoms with Crippen LogP contribution in [0.2, 0.25) is 0 Å². The van der Waals surface area contributed by atoms with E-state index >= 15 is 0 Å². The van der Waals surface area contributed by atoms with Crippen LogP contribution in [0.3, 0.4) is 0 Å². The lowest BCUT2D eigenvalue weighted by molar-refractivity contribution is 0.274. The van der Waals surface area contributed by atoms with Crippen LogP contribution in [0.1, 0.15) is 50.9 Å². The fourth-order valence-corrected chi connectivity index (χ4v) is 3.76. The van der Waals surface area contributed by atoms with E-state index in [4.69, 9.17) is 4.98 Å². The van der Waals surface area contributed by atoms with Gasteiger partial charge in [0, 0.05) is 11.5 Å². The van der Waals surface area contributed by atoms with Gasteiger partial charge in [-0.1, -0.05) is 19.1 Å². The lowest BCUT2D eigenvalue weighted by Gasteiger charge is -2.36. The second kappa shape index (κ2) is 4.59. The van der Waals surface area contributed by atoms with Gasteiger partial charge < -0.3 is 9.88 Å². The number of hydrogen-bond donors (Lipinski definition) is 1. The van der Waals surface area contributed by atoms with Crippen molar-refractivity contribution < 1.29 is 0 Å². The fourth-order valence-electron chi connectivity index (χ4n) is 3.76. The largest absolute Gasteiger partial charge is 0.324 e. The van der Waals surface area contributed by atoms with E-state index in [-0.39, 0.29) is 5.41 Å². The van der Waals surface area contributed by atoms with Crippen molar-refractivity contribution in [2.24, 2.45) is 0 Å². The SMILES string of the molecule is CCC1(c2nc3ccccc3n2C2CC2)CCNCC1. The van der Waals surface area contributed by atoms with E-state index < -0.39 is 0 Å². The van der Waals surface area contributed by atoms with E-state index in [2.05, 4.69) is 41.1 Å². The molecule has 2 aromatic rings. The molecule has 0 spiro atoms. The van der Waals surface area contributed by atoms with Crippen molar-refractivity contribution in [1.29, 1.82) is 0 Å². The second-order valence-corrected chi connectivity index (χ2v) is 6.41. The third-order valence-electron chi connectivity index (χ3n) is 5.22. The third kappa shape index (κ3) is 1.80. The van der Waals surface area contributed by atoms with Crippen LogP contribution in [0, 0.1) is 0 Å². The number of rotatable bonds is 3. The van der Waals surface area contributed by atoms with Crippen LogP contribution in [0.25, 0.3) is 11.0 Å². The van der Waals surface area contributed by atoms with Crippen LogP contribution in [0.4, 0.5) is 0 Å². The first-order valence-corrected chi connectivity index (χ1v) is 8.02. The summed E-state index contributed by atoms with van der Waals surface area (Å²) < 4.78 is 2.57. The van der Waals surface area contributed by atoms with Crippen LogP contribution < -0.4 is 5.32 Å². The molecule has 1 aromatic carbocycles. The summed E-state index contributed by atoms with van der Waals surface area (Å²) in [6.07, 6.45) is 6.29. The molecule has 0 unspecified atom stereocenters. The molecule has 4 rings (SSSR count). The number of fused-ring (bicyclic) bond motifs is 1. The van der Waals surface area contributed by atoms with Gasteiger partial charge >= 0.3 is 0 Å². The molecule has 0 bridgehead atoms. The normalized spacial score (nSPS) is 22.2. The predicted molar refractivity (Wildman–Crippen MR) is 82.1 cm³/mol. The number of nitrogens with one attached hydrogen (secondary N) is 1. The highest BCUT2D eigenvalue weighted by Crippen LogP contribution is 2.44. The Morgan fingerprint density at radius 1 is 1.25 bits per heavy atom. The molecule has 3 heteroatoms. The molecule has 20 heavy (non-hydrogen) atoms. The fraction of sp³-hybridized carbons (Fsp3) is 0.588. The summed E-state index contributed by atoms with van der Waals surface area (Å²) in [5, 5.41) is 3.50. The van der Waals surface area contributed by atoms with Crippen molar-refractivity contribution >= 4 is 11.0 Å². The Balaban J connectivity index is 1.91. The molecule has 106 valence electrons. The minimum absolute atomic E-state index is 0.285. The molecule has 2 aliphatic rings. The Bertz CT molecular complexity index is 618. The topological polar surface area (TPSA) is 29.9 Å². The molecule has 0 radical (unpaired) electrons. The smallest absolute Gasteiger partial charge is 0.116 e. The molecule has 0 amide bonds. The Morgan fingerprint density at radius 3 is 2.70 bits per heavy atom. The first-order valence-electron chi connectivity index (χ1n) is 8.02. The highest BCUT2D eigenvalue weighted by atomic mass is 15.1. The van der Waals surface area contributed by atoms with Crippen molar-refractivity contribution in [3.05, 3.63) is 30.1 Å². The van der Waals surface area contributed by atoms with E-state index in [0.717, 1.165) is 13.1 Å². The molecule has 2 heterocycles. The van der Waals surface area contributed by atoms with E-state index in [1.807, 2.05) is 0 Å². The first kappa shape index (κ1) is 12.4. The predicted octanol–water partition coefficient (Wildman–Crippen LogP) is 3.40. The molecule has 3 nitrogen and oxygen atoms in total. The van der Waals surface area contributed by atoms with E-state index in [1.165, 1.54) is 49.0 Å². The maximum atomic E-state index is 5.08. The quantitative estimate of drug-likeness (QED) is 0.925. The minimum atomic E-state index is 0.285. The van der Waals surface area contributed by atoms with Crippen molar-refractivity contribution in [2.75, 3.05) is 13.1 Å². The third-order valence-corrected chi connectivity index (χ3v) is 5.22. The number of imidazole rings is 1. The van der Waals surface area contributed by atoms with E-state index in [0.29, 0.717) is 6.04 Å². The van der Waals surface area contributed by atoms with E-state index in [1.54, 1.807) is 0 Å². The lowest BCUT2D eigenvalue weighted by atomic mass is 9.76. The molecule has 0 atom stereocenters. The summed E-state index contributed by atoms with van der Waals surface area (Å²) in [5.74, 6) is 1.37. The number of piperidine rings is 1. The number of para-hydroxylation sites is 2. The summed E-state index contributed by atoms with van der Waals surface area (Å²) in [6.45, 7) is 4.59. The summed E-state index contributed by atoms with van der Waals surface area (Å²) in [5.41, 5.74) is 2.81. The van der Waals surface area contributed by atoms with Crippen LogP contribution in [-0.2, 0) is 5.41 Å². The Hall–Kier alpha value is -1.35. The number of benzene rings is 1. The number of nitrogens with zero attached hydrogens (tertiary/aromatic N) is 2. The van der Waals surface area contributed by atoms with Gasteiger partial charge in [0.15, 0.2) is 0 Å². The summed E-state index contributed by atoms with van der Waals surface area (Å²) in [7, 11) is 0. The van der Waals surface area contributed by atoms with Crippen molar-refractivity contribution in [3.63, 3.8) is 0 Å². The minimum Gasteiger partial charge on any atom is -0.324 e. The van der Waals surface area contributed by atoms with Crippen molar-refractivity contribution in [3.8, 4) is 0 Å². The monoisotopic (exact) mass is 269 g/mol. The average molecular weight is 269 g/mol. The van der Waals surface area contributed by atoms with Gasteiger partial charge in [-0.2, -0.15) is 0 Å². The number of aromatic nitrogens is 2. The molecule has 1 aliphatic heterocycles. The van der Waals surface area contributed by atoms with Crippen LogP contribution in [-0.4, -0.2) is 22.6 Å². The maximum absolute atomic E-state index is 5.08. The molecule has 2 fully saturated rings. The van der Waals surface area contributed by atoms with Gasteiger partial charge in [0.05, 0.1) is 11.0 Å². The Kier molecular flexibility index (Phi) is 2.84.